The molecule has 2 aliphatic heterocycles. The van der Waals surface area contributed by atoms with E-state index < -0.39 is 21.6 Å². The Labute approximate surface area is 126 Å². The number of nitrogens with zero attached hydrogens (tertiary/aromatic N) is 2. The topological polar surface area (TPSA) is 87.1 Å². The number of hydrogen-bond acceptors (Lipinski definition) is 4. The van der Waals surface area contributed by atoms with Crippen LogP contribution in [-0.4, -0.2) is 68.0 Å². The molecule has 0 aliphatic carbocycles. The van der Waals surface area contributed by atoms with E-state index in [1.54, 1.807) is 0 Å². The largest absolute Gasteiger partial charge is 0.481 e. The molecular formula is C13H24N2O5S. The van der Waals surface area contributed by atoms with E-state index in [0.717, 1.165) is 12.8 Å². The minimum absolute atomic E-state index is 0.0462. The minimum Gasteiger partial charge on any atom is -0.481 e. The predicted molar refractivity (Wildman–Crippen MR) is 77.1 cm³/mol. The van der Waals surface area contributed by atoms with Crippen LogP contribution in [0.1, 0.15) is 32.1 Å². The molecule has 0 spiro atoms. The van der Waals surface area contributed by atoms with Crippen molar-refractivity contribution in [3.8, 4) is 0 Å². The van der Waals surface area contributed by atoms with E-state index in [4.69, 9.17) is 4.74 Å². The SMILES string of the molecule is COCC[C@]1(C(=O)O)CCCN(S(=O)(=O)N2CCCC2)C1. The fourth-order valence-corrected chi connectivity index (χ4v) is 4.97. The van der Waals surface area contributed by atoms with Crippen LogP contribution in [0.2, 0.25) is 0 Å². The number of aliphatic carboxylic acids is 1. The molecule has 122 valence electrons. The third kappa shape index (κ3) is 3.39. The van der Waals surface area contributed by atoms with E-state index in [1.807, 2.05) is 0 Å². The maximum absolute atomic E-state index is 12.6. The molecule has 2 aliphatic rings. The molecule has 0 radical (unpaired) electrons. The van der Waals surface area contributed by atoms with Gasteiger partial charge in [-0.05, 0) is 32.1 Å². The lowest BCUT2D eigenvalue weighted by atomic mass is 9.78. The van der Waals surface area contributed by atoms with Gasteiger partial charge in [-0.3, -0.25) is 4.79 Å². The number of piperidine rings is 1. The van der Waals surface area contributed by atoms with Gasteiger partial charge in [0.15, 0.2) is 0 Å². The average Bonchev–Trinajstić information content (AvgIpc) is 3.00. The van der Waals surface area contributed by atoms with Crippen molar-refractivity contribution in [2.45, 2.75) is 32.1 Å². The molecule has 0 unspecified atom stereocenters. The van der Waals surface area contributed by atoms with E-state index >= 15 is 0 Å². The zero-order chi connectivity index (χ0) is 15.5. The fraction of sp³-hybridized carbons (Fsp3) is 0.923. The Hall–Kier alpha value is -0.700. The molecule has 0 aromatic rings. The van der Waals surface area contributed by atoms with Crippen LogP contribution in [-0.2, 0) is 19.7 Å². The van der Waals surface area contributed by atoms with Crippen molar-refractivity contribution in [2.75, 3.05) is 39.9 Å². The monoisotopic (exact) mass is 320 g/mol. The van der Waals surface area contributed by atoms with E-state index in [2.05, 4.69) is 0 Å². The summed E-state index contributed by atoms with van der Waals surface area (Å²) in [5, 5.41) is 9.57. The van der Waals surface area contributed by atoms with Crippen LogP contribution < -0.4 is 0 Å². The summed E-state index contributed by atoms with van der Waals surface area (Å²) >= 11 is 0. The Kier molecular flexibility index (Phi) is 5.24. The maximum atomic E-state index is 12.6. The highest BCUT2D eigenvalue weighted by Crippen LogP contribution is 2.36. The summed E-state index contributed by atoms with van der Waals surface area (Å²) in [6, 6.07) is 0. The van der Waals surface area contributed by atoms with Gasteiger partial charge in [0.2, 0.25) is 0 Å². The van der Waals surface area contributed by atoms with E-state index in [-0.39, 0.29) is 6.54 Å². The summed E-state index contributed by atoms with van der Waals surface area (Å²) in [5.74, 6) is -0.930. The molecule has 1 N–H and O–H groups in total. The molecule has 0 amide bonds. The quantitative estimate of drug-likeness (QED) is 0.771. The van der Waals surface area contributed by atoms with Gasteiger partial charge in [-0.25, -0.2) is 0 Å². The third-order valence-corrected chi connectivity index (χ3v) is 6.48. The fourth-order valence-electron chi connectivity index (χ4n) is 3.15. The lowest BCUT2D eigenvalue weighted by Gasteiger charge is -2.40. The second-order valence-corrected chi connectivity index (χ2v) is 7.81. The van der Waals surface area contributed by atoms with E-state index in [1.165, 1.54) is 15.7 Å². The molecule has 2 fully saturated rings. The number of hydrogen-bond donors (Lipinski definition) is 1. The van der Waals surface area contributed by atoms with Crippen LogP contribution in [0.25, 0.3) is 0 Å². The molecule has 8 heteroatoms. The number of methoxy groups -OCH3 is 1. The number of carboxylic acids is 1. The lowest BCUT2D eigenvalue weighted by molar-refractivity contribution is -0.152. The van der Waals surface area contributed by atoms with Gasteiger partial charge in [-0.2, -0.15) is 17.0 Å². The van der Waals surface area contributed by atoms with Crippen LogP contribution in [0, 0.1) is 5.41 Å². The highest BCUT2D eigenvalue weighted by Gasteiger charge is 2.46. The summed E-state index contributed by atoms with van der Waals surface area (Å²) in [6.07, 6.45) is 3.16. The molecular weight excluding hydrogens is 296 g/mol. The summed E-state index contributed by atoms with van der Waals surface area (Å²) in [5.41, 5.74) is -1.03. The minimum atomic E-state index is -3.53. The van der Waals surface area contributed by atoms with Crippen molar-refractivity contribution in [3.05, 3.63) is 0 Å². The van der Waals surface area contributed by atoms with Crippen molar-refractivity contribution in [2.24, 2.45) is 5.41 Å². The zero-order valence-corrected chi connectivity index (χ0v) is 13.3. The summed E-state index contributed by atoms with van der Waals surface area (Å²) in [4.78, 5) is 11.7. The number of rotatable bonds is 6. The Morgan fingerprint density at radius 3 is 2.38 bits per heavy atom. The standard InChI is InChI=1S/C13H24N2O5S/c1-20-10-6-13(12(16)17)5-4-9-15(11-13)21(18,19)14-7-2-3-8-14/h2-11H2,1H3,(H,16,17)/t13-/m1/s1. The van der Waals surface area contributed by atoms with Gasteiger partial charge in [-0.15, -0.1) is 0 Å². The molecule has 21 heavy (non-hydrogen) atoms. The van der Waals surface area contributed by atoms with Crippen molar-refractivity contribution < 1.29 is 23.1 Å². The predicted octanol–water partition coefficient (Wildman–Crippen LogP) is 0.530. The van der Waals surface area contributed by atoms with Crippen LogP contribution in [0.5, 0.6) is 0 Å². The number of carboxylic acid groups (broad SMARTS) is 1. The van der Waals surface area contributed by atoms with Gasteiger partial charge in [0, 0.05) is 39.9 Å². The van der Waals surface area contributed by atoms with Gasteiger partial charge >= 0.3 is 5.97 Å². The van der Waals surface area contributed by atoms with Gasteiger partial charge in [0.1, 0.15) is 0 Å². The first-order valence-electron chi connectivity index (χ1n) is 7.40. The zero-order valence-electron chi connectivity index (χ0n) is 12.5. The van der Waals surface area contributed by atoms with Crippen LogP contribution >= 0.6 is 0 Å². The maximum Gasteiger partial charge on any atom is 0.311 e. The first-order chi connectivity index (χ1) is 9.92. The lowest BCUT2D eigenvalue weighted by Crippen LogP contribution is -2.53. The first-order valence-corrected chi connectivity index (χ1v) is 8.80. The molecule has 2 heterocycles. The van der Waals surface area contributed by atoms with Crippen LogP contribution in [0.3, 0.4) is 0 Å². The normalized spacial score (nSPS) is 28.8. The summed E-state index contributed by atoms with van der Waals surface area (Å²) in [6.45, 7) is 1.85. The summed E-state index contributed by atoms with van der Waals surface area (Å²) in [7, 11) is -2.00. The van der Waals surface area contributed by atoms with Gasteiger partial charge < -0.3 is 9.84 Å². The molecule has 1 atom stereocenters. The number of carbonyl (C=O) groups is 1. The second-order valence-electron chi connectivity index (χ2n) is 5.88. The van der Waals surface area contributed by atoms with Gasteiger partial charge in [0.05, 0.1) is 5.41 Å². The summed E-state index contributed by atoms with van der Waals surface area (Å²) < 4.78 is 33.0. The highest BCUT2D eigenvalue weighted by molar-refractivity contribution is 7.86. The van der Waals surface area contributed by atoms with Crippen molar-refractivity contribution >= 4 is 16.2 Å². The molecule has 0 saturated carbocycles. The van der Waals surface area contributed by atoms with Gasteiger partial charge in [-0.1, -0.05) is 0 Å². The molecule has 7 nitrogen and oxygen atoms in total. The second kappa shape index (κ2) is 6.60. The first kappa shape index (κ1) is 16.7. The smallest absolute Gasteiger partial charge is 0.311 e. The molecule has 2 rings (SSSR count). The Morgan fingerprint density at radius 2 is 1.81 bits per heavy atom. The van der Waals surface area contributed by atoms with Gasteiger partial charge in [0.25, 0.3) is 10.2 Å². The van der Waals surface area contributed by atoms with Crippen molar-refractivity contribution in [1.82, 2.24) is 8.61 Å². The highest BCUT2D eigenvalue weighted by atomic mass is 32.2. The molecule has 0 bridgehead atoms. The van der Waals surface area contributed by atoms with E-state index in [0.29, 0.717) is 45.5 Å². The van der Waals surface area contributed by atoms with Crippen LogP contribution in [0.4, 0.5) is 0 Å². The van der Waals surface area contributed by atoms with Crippen molar-refractivity contribution in [3.63, 3.8) is 0 Å². The number of ether oxygens (including phenoxy) is 1. The third-order valence-electron chi connectivity index (χ3n) is 4.50. The van der Waals surface area contributed by atoms with Crippen molar-refractivity contribution in [1.29, 1.82) is 0 Å². The Bertz CT molecular complexity index is 475. The van der Waals surface area contributed by atoms with Crippen LogP contribution in [0.15, 0.2) is 0 Å². The van der Waals surface area contributed by atoms with E-state index in [9.17, 15) is 18.3 Å². The molecule has 0 aromatic heterocycles. The Balaban J connectivity index is 2.16. The molecule has 2 saturated heterocycles. The molecule has 0 aromatic carbocycles. The average molecular weight is 320 g/mol. The Morgan fingerprint density at radius 1 is 1.19 bits per heavy atom.